The fraction of sp³-hybridized carbons (Fsp3) is 0.375. The fourth-order valence-electron chi connectivity index (χ4n) is 1.36. The molecule has 0 aliphatic carbocycles. The first-order valence-corrected chi connectivity index (χ1v) is 3.89. The van der Waals surface area contributed by atoms with Gasteiger partial charge in [-0.1, -0.05) is 0 Å². The molecule has 4 heteroatoms. The average Bonchev–Trinajstić information content (AvgIpc) is 2.54. The van der Waals surface area contributed by atoms with Crippen LogP contribution in [-0.2, 0) is 4.79 Å². The standard InChI is InChI=1S/C8H9N3O/c12-8-3-6(4-10-8)7-1-2-9-5-11-7/h1-2,5-6H,3-4H2,(H,10,12). The molecule has 0 saturated carbocycles. The largest absolute Gasteiger partial charge is 0.355 e. The molecule has 1 N–H and O–H groups in total. The van der Waals surface area contributed by atoms with Crippen LogP contribution >= 0.6 is 0 Å². The van der Waals surface area contributed by atoms with Crippen LogP contribution < -0.4 is 5.32 Å². The smallest absolute Gasteiger partial charge is 0.220 e. The van der Waals surface area contributed by atoms with Crippen LogP contribution in [0.1, 0.15) is 18.0 Å². The van der Waals surface area contributed by atoms with Crippen molar-refractivity contribution in [2.75, 3.05) is 6.54 Å². The first kappa shape index (κ1) is 7.21. The molecule has 2 rings (SSSR count). The molecule has 1 aromatic rings. The molecule has 0 radical (unpaired) electrons. The number of nitrogens with zero attached hydrogens (tertiary/aromatic N) is 2. The van der Waals surface area contributed by atoms with Gasteiger partial charge in [0.25, 0.3) is 0 Å². The van der Waals surface area contributed by atoms with Crippen LogP contribution in [0, 0.1) is 0 Å². The topological polar surface area (TPSA) is 54.9 Å². The zero-order valence-corrected chi connectivity index (χ0v) is 6.53. The Kier molecular flexibility index (Phi) is 1.74. The van der Waals surface area contributed by atoms with E-state index in [-0.39, 0.29) is 11.8 Å². The van der Waals surface area contributed by atoms with E-state index >= 15 is 0 Å². The van der Waals surface area contributed by atoms with Crippen molar-refractivity contribution >= 4 is 5.91 Å². The maximum Gasteiger partial charge on any atom is 0.220 e. The molecule has 1 aromatic heterocycles. The molecule has 1 aliphatic rings. The molecule has 1 amide bonds. The zero-order valence-electron chi connectivity index (χ0n) is 6.53. The van der Waals surface area contributed by atoms with Gasteiger partial charge in [-0.3, -0.25) is 4.79 Å². The lowest BCUT2D eigenvalue weighted by Gasteiger charge is -2.03. The Balaban J connectivity index is 2.16. The van der Waals surface area contributed by atoms with Gasteiger partial charge < -0.3 is 5.32 Å². The quantitative estimate of drug-likeness (QED) is 0.637. The summed E-state index contributed by atoms with van der Waals surface area (Å²) in [7, 11) is 0. The Morgan fingerprint density at radius 2 is 2.50 bits per heavy atom. The van der Waals surface area contributed by atoms with E-state index in [1.54, 1.807) is 6.20 Å². The van der Waals surface area contributed by atoms with E-state index < -0.39 is 0 Å². The van der Waals surface area contributed by atoms with Crippen molar-refractivity contribution in [3.05, 3.63) is 24.3 Å². The first-order chi connectivity index (χ1) is 5.86. The van der Waals surface area contributed by atoms with Gasteiger partial charge in [0.05, 0.1) is 0 Å². The highest BCUT2D eigenvalue weighted by Gasteiger charge is 2.23. The van der Waals surface area contributed by atoms with Crippen molar-refractivity contribution in [3.63, 3.8) is 0 Å². The van der Waals surface area contributed by atoms with Crippen molar-refractivity contribution in [2.24, 2.45) is 0 Å². The summed E-state index contributed by atoms with van der Waals surface area (Å²) in [4.78, 5) is 18.8. The van der Waals surface area contributed by atoms with Crippen molar-refractivity contribution in [1.29, 1.82) is 0 Å². The van der Waals surface area contributed by atoms with E-state index in [4.69, 9.17) is 0 Å². The summed E-state index contributed by atoms with van der Waals surface area (Å²) >= 11 is 0. The molecule has 62 valence electrons. The minimum absolute atomic E-state index is 0.110. The maximum atomic E-state index is 10.9. The van der Waals surface area contributed by atoms with E-state index in [0.717, 1.165) is 5.69 Å². The number of nitrogens with one attached hydrogen (secondary N) is 1. The third-order valence-electron chi connectivity index (χ3n) is 2.00. The summed E-state index contributed by atoms with van der Waals surface area (Å²) in [5.41, 5.74) is 0.948. The van der Waals surface area contributed by atoms with Crippen LogP contribution in [0.25, 0.3) is 0 Å². The van der Waals surface area contributed by atoms with Crippen LogP contribution in [0.4, 0.5) is 0 Å². The molecule has 1 unspecified atom stereocenters. The summed E-state index contributed by atoms with van der Waals surface area (Å²) in [6, 6.07) is 1.85. The number of hydrogen-bond donors (Lipinski definition) is 1. The summed E-state index contributed by atoms with van der Waals surface area (Å²) in [5, 5.41) is 2.77. The second kappa shape index (κ2) is 2.89. The number of rotatable bonds is 1. The third-order valence-corrected chi connectivity index (χ3v) is 2.00. The van der Waals surface area contributed by atoms with Gasteiger partial charge in [-0.05, 0) is 6.07 Å². The fourth-order valence-corrected chi connectivity index (χ4v) is 1.36. The minimum atomic E-state index is 0.110. The van der Waals surface area contributed by atoms with Gasteiger partial charge in [-0.2, -0.15) is 0 Å². The van der Waals surface area contributed by atoms with Crippen LogP contribution in [0.5, 0.6) is 0 Å². The predicted octanol–water partition coefficient (Wildman–Crippen LogP) is 0.0801. The average molecular weight is 163 g/mol. The molecule has 0 spiro atoms. The number of amides is 1. The van der Waals surface area contributed by atoms with Crippen molar-refractivity contribution in [1.82, 2.24) is 15.3 Å². The summed E-state index contributed by atoms with van der Waals surface area (Å²) < 4.78 is 0. The molecule has 1 saturated heterocycles. The highest BCUT2D eigenvalue weighted by Crippen LogP contribution is 2.19. The number of aromatic nitrogens is 2. The van der Waals surface area contributed by atoms with Gasteiger partial charge in [-0.15, -0.1) is 0 Å². The van der Waals surface area contributed by atoms with Crippen LogP contribution in [0.2, 0.25) is 0 Å². The first-order valence-electron chi connectivity index (χ1n) is 3.89. The Morgan fingerprint density at radius 3 is 3.08 bits per heavy atom. The molecule has 1 atom stereocenters. The molecular formula is C8H9N3O. The third kappa shape index (κ3) is 1.28. The second-order valence-electron chi connectivity index (χ2n) is 2.84. The van der Waals surface area contributed by atoms with Gasteiger partial charge in [0.15, 0.2) is 0 Å². The second-order valence-corrected chi connectivity index (χ2v) is 2.84. The molecule has 2 heterocycles. The van der Waals surface area contributed by atoms with E-state index in [0.29, 0.717) is 13.0 Å². The Bertz CT molecular complexity index is 286. The molecule has 1 fully saturated rings. The lowest BCUT2D eigenvalue weighted by molar-refractivity contribution is -0.119. The minimum Gasteiger partial charge on any atom is -0.355 e. The van der Waals surface area contributed by atoms with Crippen molar-refractivity contribution < 1.29 is 4.79 Å². The molecular weight excluding hydrogens is 154 g/mol. The molecule has 4 nitrogen and oxygen atoms in total. The molecule has 1 aliphatic heterocycles. The normalized spacial score (nSPS) is 22.3. The van der Waals surface area contributed by atoms with Gasteiger partial charge >= 0.3 is 0 Å². The van der Waals surface area contributed by atoms with Crippen LogP contribution in [-0.4, -0.2) is 22.4 Å². The highest BCUT2D eigenvalue weighted by atomic mass is 16.1. The zero-order chi connectivity index (χ0) is 8.39. The molecule has 12 heavy (non-hydrogen) atoms. The number of carbonyl (C=O) groups is 1. The predicted molar refractivity (Wildman–Crippen MR) is 42.4 cm³/mol. The van der Waals surface area contributed by atoms with Gasteiger partial charge in [-0.25, -0.2) is 9.97 Å². The Morgan fingerprint density at radius 1 is 1.58 bits per heavy atom. The lowest BCUT2D eigenvalue weighted by Crippen LogP contribution is -2.13. The summed E-state index contributed by atoms with van der Waals surface area (Å²) in [5.74, 6) is 0.346. The van der Waals surface area contributed by atoms with E-state index in [2.05, 4.69) is 15.3 Å². The monoisotopic (exact) mass is 163 g/mol. The summed E-state index contributed by atoms with van der Waals surface area (Å²) in [6.07, 6.45) is 3.76. The van der Waals surface area contributed by atoms with Crippen molar-refractivity contribution in [2.45, 2.75) is 12.3 Å². The summed E-state index contributed by atoms with van der Waals surface area (Å²) in [6.45, 7) is 0.704. The van der Waals surface area contributed by atoms with Crippen LogP contribution in [0.3, 0.4) is 0 Å². The Labute approximate surface area is 70.0 Å². The lowest BCUT2D eigenvalue weighted by atomic mass is 10.1. The van der Waals surface area contributed by atoms with Gasteiger partial charge in [0, 0.05) is 30.8 Å². The highest BCUT2D eigenvalue weighted by molar-refractivity contribution is 5.79. The van der Waals surface area contributed by atoms with Crippen LogP contribution in [0.15, 0.2) is 18.6 Å². The van der Waals surface area contributed by atoms with E-state index in [9.17, 15) is 4.79 Å². The molecule has 0 bridgehead atoms. The number of hydrogen-bond acceptors (Lipinski definition) is 3. The Hall–Kier alpha value is -1.45. The van der Waals surface area contributed by atoms with E-state index in [1.807, 2.05) is 6.07 Å². The SMILES string of the molecule is O=C1CC(c2ccncn2)CN1. The molecule has 0 aromatic carbocycles. The van der Waals surface area contributed by atoms with Gasteiger partial charge in [0.1, 0.15) is 6.33 Å². The van der Waals surface area contributed by atoms with E-state index in [1.165, 1.54) is 6.33 Å². The van der Waals surface area contributed by atoms with Crippen molar-refractivity contribution in [3.8, 4) is 0 Å². The van der Waals surface area contributed by atoms with Gasteiger partial charge in [0.2, 0.25) is 5.91 Å². The maximum absolute atomic E-state index is 10.9. The number of carbonyl (C=O) groups excluding carboxylic acids is 1.